The fourth-order valence-corrected chi connectivity index (χ4v) is 1.58. The third-order valence-corrected chi connectivity index (χ3v) is 4.09. The van der Waals surface area contributed by atoms with Crippen molar-refractivity contribution in [2.24, 2.45) is 5.41 Å². The summed E-state index contributed by atoms with van der Waals surface area (Å²) in [5, 5.41) is 8.11. The molecule has 0 aliphatic rings. The minimum absolute atomic E-state index is 0.0812. The highest BCUT2D eigenvalue weighted by Gasteiger charge is 2.34. The second-order valence-corrected chi connectivity index (χ2v) is 7.20. The molecule has 0 amide bonds. The van der Waals surface area contributed by atoms with E-state index in [1.165, 1.54) is 20.8 Å². The summed E-state index contributed by atoms with van der Waals surface area (Å²) in [6, 6.07) is 0. The first kappa shape index (κ1) is 30.0. The lowest BCUT2D eigenvalue weighted by atomic mass is 9.88. The normalized spacial score (nSPS) is 10.7. The summed E-state index contributed by atoms with van der Waals surface area (Å²) in [5.74, 6) is -2.54. The fourth-order valence-electron chi connectivity index (χ4n) is 1.58. The lowest BCUT2D eigenvalue weighted by Crippen LogP contribution is -2.39. The van der Waals surface area contributed by atoms with Crippen LogP contribution in [-0.2, 0) is 33.4 Å². The summed E-state index contributed by atoms with van der Waals surface area (Å²) >= 11 is 0. The van der Waals surface area contributed by atoms with Gasteiger partial charge in [-0.15, -0.1) is 0 Å². The van der Waals surface area contributed by atoms with Crippen molar-refractivity contribution in [3.05, 3.63) is 48.1 Å². The van der Waals surface area contributed by atoms with E-state index >= 15 is 0 Å². The predicted molar refractivity (Wildman–Crippen MR) is 117 cm³/mol. The van der Waals surface area contributed by atoms with Gasteiger partial charge in [0, 0.05) is 22.3 Å². The highest BCUT2D eigenvalue weighted by atomic mass is 16.6. The topological polar surface area (TPSA) is 116 Å². The molecule has 0 bridgehead atoms. The van der Waals surface area contributed by atoms with Crippen LogP contribution in [0.15, 0.2) is 48.1 Å². The molecule has 0 saturated heterocycles. The number of hydrogen-bond acceptors (Lipinski definition) is 7. The Labute approximate surface area is 184 Å². The van der Waals surface area contributed by atoms with Crippen LogP contribution in [0.2, 0.25) is 0 Å². The molecular formula is C23H34O8. The van der Waals surface area contributed by atoms with E-state index in [0.717, 1.165) is 0 Å². The van der Waals surface area contributed by atoms with E-state index < -0.39 is 29.3 Å². The van der Waals surface area contributed by atoms with Crippen LogP contribution in [0.3, 0.4) is 0 Å². The number of ether oxygens (including phenoxy) is 3. The van der Waals surface area contributed by atoms with E-state index in [1.807, 2.05) is 6.92 Å². The van der Waals surface area contributed by atoms with Gasteiger partial charge in [-0.1, -0.05) is 32.7 Å². The second-order valence-electron chi connectivity index (χ2n) is 7.20. The molecule has 0 aliphatic carbocycles. The predicted octanol–water partition coefficient (Wildman–Crippen LogP) is 3.78. The van der Waals surface area contributed by atoms with Crippen LogP contribution in [0, 0.1) is 5.41 Å². The first-order chi connectivity index (χ1) is 14.2. The minimum atomic E-state index is -0.860. The summed E-state index contributed by atoms with van der Waals surface area (Å²) in [6.45, 7) is 19.9. The maximum absolute atomic E-state index is 11.6. The highest BCUT2D eigenvalue weighted by molar-refractivity contribution is 5.88. The summed E-state index contributed by atoms with van der Waals surface area (Å²) in [4.78, 5) is 44.8. The molecule has 0 fully saturated rings. The Hall–Kier alpha value is -3.16. The van der Waals surface area contributed by atoms with Crippen molar-refractivity contribution in [3.8, 4) is 0 Å². The summed E-state index contributed by atoms with van der Waals surface area (Å²) in [6.07, 6.45) is 2.01. The molecule has 0 radical (unpaired) electrons. The van der Waals surface area contributed by atoms with Crippen molar-refractivity contribution in [3.63, 3.8) is 0 Å². The monoisotopic (exact) mass is 438 g/mol. The molecule has 0 aromatic heterocycles. The Morgan fingerprint density at radius 3 is 1.19 bits per heavy atom. The zero-order chi connectivity index (χ0) is 24.8. The van der Waals surface area contributed by atoms with Crippen LogP contribution < -0.4 is 0 Å². The molecule has 0 aromatic carbocycles. The number of rotatable bonds is 11. The van der Waals surface area contributed by atoms with Crippen LogP contribution in [-0.4, -0.2) is 48.8 Å². The van der Waals surface area contributed by atoms with Crippen molar-refractivity contribution in [2.45, 2.75) is 48.0 Å². The Morgan fingerprint density at radius 1 is 0.774 bits per heavy atom. The largest absolute Gasteiger partial charge is 0.478 e. The molecule has 0 unspecified atom stereocenters. The molecule has 31 heavy (non-hydrogen) atoms. The van der Waals surface area contributed by atoms with E-state index in [2.05, 4.69) is 19.7 Å². The number of aliphatic carboxylic acids is 1. The molecular weight excluding hydrogens is 404 g/mol. The van der Waals surface area contributed by atoms with E-state index in [1.54, 1.807) is 19.9 Å². The summed E-state index contributed by atoms with van der Waals surface area (Å²) in [7, 11) is 0. The van der Waals surface area contributed by atoms with Crippen molar-refractivity contribution in [1.82, 2.24) is 0 Å². The average Bonchev–Trinajstić information content (AvgIpc) is 2.72. The highest BCUT2D eigenvalue weighted by Crippen LogP contribution is 2.25. The number of hydrogen-bond donors (Lipinski definition) is 1. The molecule has 0 aliphatic heterocycles. The van der Waals surface area contributed by atoms with Gasteiger partial charge in [0.05, 0.1) is 5.41 Å². The van der Waals surface area contributed by atoms with Crippen molar-refractivity contribution < 1.29 is 38.5 Å². The Bertz CT molecular complexity index is 669. The van der Waals surface area contributed by atoms with Gasteiger partial charge in [-0.05, 0) is 41.0 Å². The number of carboxylic acid groups (broad SMARTS) is 1. The summed E-state index contributed by atoms with van der Waals surface area (Å²) in [5.41, 5.74) is 0.273. The molecule has 8 heteroatoms. The molecule has 1 N–H and O–H groups in total. The van der Waals surface area contributed by atoms with Gasteiger partial charge in [0.2, 0.25) is 0 Å². The van der Waals surface area contributed by atoms with Crippen LogP contribution >= 0.6 is 0 Å². The quantitative estimate of drug-likeness (QED) is 0.294. The van der Waals surface area contributed by atoms with Gasteiger partial charge < -0.3 is 19.3 Å². The molecule has 8 nitrogen and oxygen atoms in total. The molecule has 0 atom stereocenters. The van der Waals surface area contributed by atoms with Crippen molar-refractivity contribution in [1.29, 1.82) is 0 Å². The van der Waals surface area contributed by atoms with Gasteiger partial charge in [0.15, 0.2) is 0 Å². The SMILES string of the molecule is C=C(C)C(=O)OCC(CC)(COC(=O)C(=C)C)COC(=O)C(=C)C.CC=C(C)C(=O)O. The fraction of sp³-hybridized carbons (Fsp3) is 0.478. The standard InChI is InChI=1S/C18H26O6.C5H8O2/c1-8-18(9-22-15(19)12(2)3,10-23-16(20)13(4)5)11-24-17(21)14(6)7;1-3-4(2)5(6)7/h2,4,6,8-11H2,1,3,5,7H3;3H,1-2H3,(H,6,7). The Kier molecular flexibility index (Phi) is 14.3. The molecule has 0 saturated carbocycles. The molecule has 0 aromatic rings. The first-order valence-corrected chi connectivity index (χ1v) is 9.57. The van der Waals surface area contributed by atoms with E-state index in [4.69, 9.17) is 19.3 Å². The lowest BCUT2D eigenvalue weighted by molar-refractivity contribution is -0.157. The van der Waals surface area contributed by atoms with Gasteiger partial charge in [0.25, 0.3) is 0 Å². The number of carboxylic acids is 1. The molecule has 0 spiro atoms. The Balaban J connectivity index is 0. The van der Waals surface area contributed by atoms with Gasteiger partial charge in [-0.25, -0.2) is 19.2 Å². The van der Waals surface area contributed by atoms with E-state index in [0.29, 0.717) is 12.0 Å². The lowest BCUT2D eigenvalue weighted by Gasteiger charge is -2.31. The number of allylic oxidation sites excluding steroid dienone is 1. The minimum Gasteiger partial charge on any atom is -0.478 e. The van der Waals surface area contributed by atoms with Gasteiger partial charge >= 0.3 is 23.9 Å². The van der Waals surface area contributed by atoms with Crippen LogP contribution in [0.4, 0.5) is 0 Å². The molecule has 174 valence electrons. The van der Waals surface area contributed by atoms with Crippen molar-refractivity contribution in [2.75, 3.05) is 19.8 Å². The second kappa shape index (κ2) is 14.8. The number of esters is 3. The average molecular weight is 439 g/mol. The number of carbonyl (C=O) groups is 4. The first-order valence-electron chi connectivity index (χ1n) is 9.57. The summed E-state index contributed by atoms with van der Waals surface area (Å²) < 4.78 is 15.5. The third-order valence-electron chi connectivity index (χ3n) is 4.09. The van der Waals surface area contributed by atoms with Gasteiger partial charge in [-0.2, -0.15) is 0 Å². The van der Waals surface area contributed by atoms with E-state index in [-0.39, 0.29) is 36.5 Å². The van der Waals surface area contributed by atoms with Crippen LogP contribution in [0.5, 0.6) is 0 Å². The smallest absolute Gasteiger partial charge is 0.333 e. The zero-order valence-corrected chi connectivity index (χ0v) is 19.3. The maximum Gasteiger partial charge on any atom is 0.333 e. The maximum atomic E-state index is 11.6. The van der Waals surface area contributed by atoms with Gasteiger partial charge in [-0.3, -0.25) is 0 Å². The Morgan fingerprint density at radius 2 is 1.06 bits per heavy atom. The molecule has 0 rings (SSSR count). The van der Waals surface area contributed by atoms with E-state index in [9.17, 15) is 19.2 Å². The zero-order valence-electron chi connectivity index (χ0n) is 19.3. The number of carbonyl (C=O) groups excluding carboxylic acids is 3. The van der Waals surface area contributed by atoms with Gasteiger partial charge in [0.1, 0.15) is 19.8 Å². The molecule has 0 heterocycles. The van der Waals surface area contributed by atoms with Crippen LogP contribution in [0.25, 0.3) is 0 Å². The third kappa shape index (κ3) is 12.9. The van der Waals surface area contributed by atoms with Crippen LogP contribution in [0.1, 0.15) is 48.0 Å². The van der Waals surface area contributed by atoms with Crippen molar-refractivity contribution >= 4 is 23.9 Å².